The summed E-state index contributed by atoms with van der Waals surface area (Å²) in [6.45, 7) is 4.12. The molecule has 3 aromatic rings. The lowest BCUT2D eigenvalue weighted by molar-refractivity contribution is 0.617. The Kier molecular flexibility index (Phi) is 3.00. The number of benzene rings is 1. The third-order valence-electron chi connectivity index (χ3n) is 4.08. The molecule has 1 aliphatic heterocycles. The molecule has 1 aromatic carbocycles. The second kappa shape index (κ2) is 5.00. The van der Waals surface area contributed by atoms with E-state index in [1.165, 1.54) is 17.0 Å². The van der Waals surface area contributed by atoms with Crippen molar-refractivity contribution in [2.24, 2.45) is 0 Å². The predicted octanol–water partition coefficient (Wildman–Crippen LogP) is 2.35. The van der Waals surface area contributed by atoms with E-state index in [-0.39, 0.29) is 0 Å². The van der Waals surface area contributed by atoms with Gasteiger partial charge in [-0.1, -0.05) is 25.5 Å². The molecular formula is C16H19N5. The van der Waals surface area contributed by atoms with E-state index >= 15 is 0 Å². The number of fused-ring (bicyclic) bond motifs is 2. The Labute approximate surface area is 123 Å². The third-order valence-corrected chi connectivity index (χ3v) is 4.08. The molecular weight excluding hydrogens is 262 g/mol. The summed E-state index contributed by atoms with van der Waals surface area (Å²) in [6.07, 6.45) is 3.14. The van der Waals surface area contributed by atoms with Gasteiger partial charge in [0, 0.05) is 25.1 Å². The normalized spacial score (nSPS) is 14.5. The van der Waals surface area contributed by atoms with Gasteiger partial charge in [0.1, 0.15) is 0 Å². The van der Waals surface area contributed by atoms with Gasteiger partial charge in [-0.2, -0.15) is 5.10 Å². The van der Waals surface area contributed by atoms with Crippen molar-refractivity contribution in [3.05, 3.63) is 41.2 Å². The first-order valence-corrected chi connectivity index (χ1v) is 7.62. The number of aromatic nitrogens is 4. The summed E-state index contributed by atoms with van der Waals surface area (Å²) >= 11 is 0. The summed E-state index contributed by atoms with van der Waals surface area (Å²) < 4.78 is 2.02. The van der Waals surface area contributed by atoms with Crippen molar-refractivity contribution < 1.29 is 0 Å². The van der Waals surface area contributed by atoms with Gasteiger partial charge in [0.25, 0.3) is 0 Å². The molecule has 0 spiro atoms. The Balaban J connectivity index is 1.87. The number of aryl methyl sites for hydroxylation is 1. The quantitative estimate of drug-likeness (QED) is 0.774. The van der Waals surface area contributed by atoms with Crippen LogP contribution < -0.4 is 5.32 Å². The van der Waals surface area contributed by atoms with Crippen molar-refractivity contribution in [3.8, 4) is 5.95 Å². The van der Waals surface area contributed by atoms with Crippen molar-refractivity contribution in [3.63, 3.8) is 0 Å². The molecule has 4 rings (SSSR count). The Hall–Kier alpha value is -2.14. The zero-order valence-electron chi connectivity index (χ0n) is 12.2. The first kappa shape index (κ1) is 12.6. The third kappa shape index (κ3) is 2.05. The first-order valence-electron chi connectivity index (χ1n) is 7.62. The highest BCUT2D eigenvalue weighted by atomic mass is 15.4. The molecule has 2 aromatic heterocycles. The Morgan fingerprint density at radius 3 is 3.05 bits per heavy atom. The van der Waals surface area contributed by atoms with E-state index in [0.717, 1.165) is 49.3 Å². The molecule has 0 saturated heterocycles. The average Bonchev–Trinajstić information content (AvgIpc) is 3.09. The zero-order valence-corrected chi connectivity index (χ0v) is 12.2. The van der Waals surface area contributed by atoms with Crippen molar-refractivity contribution in [1.29, 1.82) is 0 Å². The van der Waals surface area contributed by atoms with Crippen molar-refractivity contribution in [1.82, 2.24) is 25.1 Å². The van der Waals surface area contributed by atoms with Crippen LogP contribution in [0.25, 0.3) is 17.0 Å². The molecule has 0 atom stereocenters. The van der Waals surface area contributed by atoms with Gasteiger partial charge in [0.2, 0.25) is 5.95 Å². The van der Waals surface area contributed by atoms with Crippen LogP contribution in [0.5, 0.6) is 0 Å². The standard InChI is InChI=1S/C16H19N5/c1-2-5-12-11-10-17-9-8-15(11)21(20-12)16-18-13-6-3-4-7-14(13)19-16/h3-4,6-7,17H,2,5,8-10H2,1H3,(H,18,19). The lowest BCUT2D eigenvalue weighted by atomic mass is 10.0. The van der Waals surface area contributed by atoms with Gasteiger partial charge in [-0.15, -0.1) is 0 Å². The number of nitrogens with one attached hydrogen (secondary N) is 2. The highest BCUT2D eigenvalue weighted by molar-refractivity contribution is 5.76. The zero-order chi connectivity index (χ0) is 14.2. The largest absolute Gasteiger partial charge is 0.322 e. The first-order chi connectivity index (χ1) is 10.4. The molecule has 2 N–H and O–H groups in total. The van der Waals surface area contributed by atoms with E-state index in [1.54, 1.807) is 0 Å². The number of aromatic amines is 1. The second-order valence-electron chi connectivity index (χ2n) is 5.54. The molecule has 0 fully saturated rings. The number of H-pyrrole nitrogens is 1. The Morgan fingerprint density at radius 1 is 1.29 bits per heavy atom. The summed E-state index contributed by atoms with van der Waals surface area (Å²) in [6, 6.07) is 8.11. The number of imidazole rings is 1. The van der Waals surface area contributed by atoms with Crippen LogP contribution in [0.3, 0.4) is 0 Å². The minimum atomic E-state index is 0.830. The Bertz CT molecular complexity index is 750. The van der Waals surface area contributed by atoms with Gasteiger partial charge in [0.15, 0.2) is 0 Å². The van der Waals surface area contributed by atoms with Gasteiger partial charge in [0.05, 0.1) is 22.4 Å². The molecule has 3 heterocycles. The van der Waals surface area contributed by atoms with Crippen LogP contribution in [0.2, 0.25) is 0 Å². The fraction of sp³-hybridized carbons (Fsp3) is 0.375. The van der Waals surface area contributed by atoms with Crippen LogP contribution in [-0.4, -0.2) is 26.3 Å². The van der Waals surface area contributed by atoms with Crippen molar-refractivity contribution in [2.45, 2.75) is 32.7 Å². The van der Waals surface area contributed by atoms with Gasteiger partial charge in [-0.3, -0.25) is 0 Å². The lowest BCUT2D eigenvalue weighted by Gasteiger charge is -2.14. The van der Waals surface area contributed by atoms with E-state index < -0.39 is 0 Å². The smallest absolute Gasteiger partial charge is 0.229 e. The van der Waals surface area contributed by atoms with Crippen molar-refractivity contribution >= 4 is 11.0 Å². The maximum absolute atomic E-state index is 4.83. The number of para-hydroxylation sites is 2. The Morgan fingerprint density at radius 2 is 2.19 bits per heavy atom. The lowest BCUT2D eigenvalue weighted by Crippen LogP contribution is -2.25. The number of hydrogen-bond donors (Lipinski definition) is 2. The van der Waals surface area contributed by atoms with Crippen LogP contribution in [0.1, 0.15) is 30.3 Å². The van der Waals surface area contributed by atoms with E-state index in [4.69, 9.17) is 5.10 Å². The molecule has 5 heteroatoms. The number of hydrogen-bond acceptors (Lipinski definition) is 3. The monoisotopic (exact) mass is 281 g/mol. The van der Waals surface area contributed by atoms with E-state index in [0.29, 0.717) is 0 Å². The van der Waals surface area contributed by atoms with Gasteiger partial charge < -0.3 is 10.3 Å². The summed E-state index contributed by atoms with van der Waals surface area (Å²) in [4.78, 5) is 8.08. The molecule has 0 unspecified atom stereocenters. The van der Waals surface area contributed by atoms with E-state index in [2.05, 4.69) is 28.3 Å². The molecule has 108 valence electrons. The molecule has 1 aliphatic rings. The predicted molar refractivity (Wildman–Crippen MR) is 82.6 cm³/mol. The molecule has 0 amide bonds. The highest BCUT2D eigenvalue weighted by Crippen LogP contribution is 2.23. The van der Waals surface area contributed by atoms with E-state index in [9.17, 15) is 0 Å². The maximum Gasteiger partial charge on any atom is 0.229 e. The van der Waals surface area contributed by atoms with Crippen LogP contribution in [0.4, 0.5) is 0 Å². The topological polar surface area (TPSA) is 58.5 Å². The summed E-state index contributed by atoms with van der Waals surface area (Å²) in [5, 5.41) is 8.28. The second-order valence-corrected chi connectivity index (χ2v) is 5.54. The minimum absolute atomic E-state index is 0.830. The molecule has 0 radical (unpaired) electrons. The highest BCUT2D eigenvalue weighted by Gasteiger charge is 2.22. The molecule has 0 bridgehead atoms. The summed E-state index contributed by atoms with van der Waals surface area (Å²) in [5.74, 6) is 0.830. The fourth-order valence-electron chi connectivity index (χ4n) is 3.07. The summed E-state index contributed by atoms with van der Waals surface area (Å²) in [5.41, 5.74) is 5.92. The van der Waals surface area contributed by atoms with Gasteiger partial charge >= 0.3 is 0 Å². The van der Waals surface area contributed by atoms with Crippen LogP contribution in [0.15, 0.2) is 24.3 Å². The molecule has 0 saturated carbocycles. The number of nitrogens with zero attached hydrogens (tertiary/aromatic N) is 3. The molecule has 0 aliphatic carbocycles. The van der Waals surface area contributed by atoms with Crippen LogP contribution in [-0.2, 0) is 19.4 Å². The van der Waals surface area contributed by atoms with Crippen LogP contribution >= 0.6 is 0 Å². The fourth-order valence-corrected chi connectivity index (χ4v) is 3.07. The SMILES string of the molecule is CCCc1nn(-c2nc3ccccc3[nH]2)c2c1CNCC2. The van der Waals surface area contributed by atoms with E-state index in [1.807, 2.05) is 22.9 Å². The van der Waals surface area contributed by atoms with Gasteiger partial charge in [-0.25, -0.2) is 9.67 Å². The average molecular weight is 281 g/mol. The minimum Gasteiger partial charge on any atom is -0.322 e. The van der Waals surface area contributed by atoms with Gasteiger partial charge in [-0.05, 0) is 18.6 Å². The summed E-state index contributed by atoms with van der Waals surface area (Å²) in [7, 11) is 0. The molecule has 5 nitrogen and oxygen atoms in total. The maximum atomic E-state index is 4.83. The molecule has 21 heavy (non-hydrogen) atoms. The van der Waals surface area contributed by atoms with Crippen molar-refractivity contribution in [2.75, 3.05) is 6.54 Å². The van der Waals surface area contributed by atoms with Crippen LogP contribution in [0, 0.1) is 0 Å². The number of rotatable bonds is 3.